The Morgan fingerprint density at radius 1 is 1.32 bits per heavy atom. The number of amides is 2. The lowest BCUT2D eigenvalue weighted by Gasteiger charge is -2.16. The van der Waals surface area contributed by atoms with Crippen LogP contribution in [0.2, 0.25) is 0 Å². The summed E-state index contributed by atoms with van der Waals surface area (Å²) in [5, 5.41) is 2.93. The zero-order valence-electron chi connectivity index (χ0n) is 13.6. The van der Waals surface area contributed by atoms with Gasteiger partial charge in [0, 0.05) is 10.6 Å². The molecule has 2 amide bonds. The minimum absolute atomic E-state index is 0.0641. The van der Waals surface area contributed by atoms with Gasteiger partial charge < -0.3 is 10.2 Å². The number of nitrogens with zero attached hydrogens (tertiary/aromatic N) is 2. The summed E-state index contributed by atoms with van der Waals surface area (Å²) in [4.78, 5) is 19.5. The molecule has 0 aromatic carbocycles. The van der Waals surface area contributed by atoms with Crippen molar-refractivity contribution >= 4 is 17.4 Å². The van der Waals surface area contributed by atoms with Crippen molar-refractivity contribution in [1.82, 2.24) is 15.2 Å². The Labute approximate surface area is 136 Å². The number of thiazole rings is 1. The molecule has 1 aliphatic rings. The summed E-state index contributed by atoms with van der Waals surface area (Å²) >= 11 is 1.61. The fourth-order valence-corrected chi connectivity index (χ4v) is 3.03. The highest BCUT2D eigenvalue weighted by atomic mass is 32.1. The maximum absolute atomic E-state index is 12.2. The van der Waals surface area contributed by atoms with E-state index in [2.05, 4.69) is 37.1 Å². The van der Waals surface area contributed by atoms with Crippen LogP contribution in [0.1, 0.15) is 44.7 Å². The largest absolute Gasteiger partial charge is 0.322 e. The summed E-state index contributed by atoms with van der Waals surface area (Å²) in [7, 11) is 0. The lowest BCUT2D eigenvalue weighted by molar-refractivity contribution is 0.201. The van der Waals surface area contributed by atoms with Gasteiger partial charge in [0.1, 0.15) is 0 Å². The molecule has 2 rings (SSSR count). The van der Waals surface area contributed by atoms with Gasteiger partial charge in [0.25, 0.3) is 0 Å². The molecule has 0 unspecified atom stereocenters. The lowest BCUT2D eigenvalue weighted by atomic mass is 10.1. The molecule has 0 bridgehead atoms. The normalized spacial score (nSPS) is 16.0. The molecule has 0 saturated carbocycles. The highest BCUT2D eigenvalue weighted by Crippen LogP contribution is 2.24. The molecule has 1 aromatic heterocycles. The van der Waals surface area contributed by atoms with Crippen LogP contribution < -0.4 is 5.32 Å². The molecule has 2 heterocycles. The molecular weight excluding hydrogens is 294 g/mol. The molecule has 0 spiro atoms. The van der Waals surface area contributed by atoms with Gasteiger partial charge in [0.2, 0.25) is 0 Å². The number of allylic oxidation sites excluding steroid dienone is 6. The Morgan fingerprint density at radius 2 is 2.09 bits per heavy atom. The smallest absolute Gasteiger partial charge is 0.313 e. The highest BCUT2D eigenvalue weighted by Gasteiger charge is 2.25. The quantitative estimate of drug-likeness (QED) is 0.838. The number of nitrogens with one attached hydrogen (secondary N) is 1. The summed E-state index contributed by atoms with van der Waals surface area (Å²) in [5.74, 6) is 0. The van der Waals surface area contributed by atoms with Crippen LogP contribution in [-0.2, 0) is 13.1 Å². The summed E-state index contributed by atoms with van der Waals surface area (Å²) < 4.78 is 0. The van der Waals surface area contributed by atoms with E-state index in [1.165, 1.54) is 16.0 Å². The molecule has 1 aromatic rings. The number of hydrogen-bond acceptors (Lipinski definition) is 3. The molecule has 22 heavy (non-hydrogen) atoms. The van der Waals surface area contributed by atoms with Gasteiger partial charge in [0.15, 0.2) is 0 Å². The van der Waals surface area contributed by atoms with Crippen molar-refractivity contribution in [2.24, 2.45) is 0 Å². The fraction of sp³-hybridized carbons (Fsp3) is 0.412. The second-order valence-electron chi connectivity index (χ2n) is 5.50. The van der Waals surface area contributed by atoms with E-state index in [1.807, 2.05) is 24.6 Å². The lowest BCUT2D eigenvalue weighted by Crippen LogP contribution is -2.35. The van der Waals surface area contributed by atoms with Crippen molar-refractivity contribution in [2.75, 3.05) is 0 Å². The van der Waals surface area contributed by atoms with Crippen molar-refractivity contribution < 1.29 is 4.79 Å². The van der Waals surface area contributed by atoms with Crippen LogP contribution in [0, 0.1) is 0 Å². The molecule has 5 heteroatoms. The van der Waals surface area contributed by atoms with E-state index in [0.29, 0.717) is 13.1 Å². The van der Waals surface area contributed by atoms with Crippen LogP contribution in [0.5, 0.6) is 0 Å². The van der Waals surface area contributed by atoms with Gasteiger partial charge in [0.05, 0.1) is 24.3 Å². The summed E-state index contributed by atoms with van der Waals surface area (Å²) in [5.41, 5.74) is 6.19. The molecule has 0 fully saturated rings. The van der Waals surface area contributed by atoms with Crippen molar-refractivity contribution in [2.45, 2.75) is 47.2 Å². The maximum Gasteiger partial charge on any atom is 0.322 e. The Morgan fingerprint density at radius 3 is 2.77 bits per heavy atom. The number of aromatic nitrogens is 1. The predicted octanol–water partition coefficient (Wildman–Crippen LogP) is 4.37. The first-order chi connectivity index (χ1) is 10.5. The fourth-order valence-electron chi connectivity index (χ4n) is 2.24. The molecule has 118 valence electrons. The summed E-state index contributed by atoms with van der Waals surface area (Å²) in [6.45, 7) is 9.48. The Hall–Kier alpha value is -1.88. The number of urea groups is 1. The van der Waals surface area contributed by atoms with Crippen LogP contribution >= 0.6 is 11.3 Å². The van der Waals surface area contributed by atoms with Gasteiger partial charge in [-0.2, -0.15) is 0 Å². The Kier molecular flexibility index (Phi) is 5.55. The van der Waals surface area contributed by atoms with E-state index >= 15 is 0 Å². The van der Waals surface area contributed by atoms with Crippen LogP contribution in [-0.4, -0.2) is 15.9 Å². The molecular formula is C17H23N3OS. The third-order valence-corrected chi connectivity index (χ3v) is 4.57. The van der Waals surface area contributed by atoms with Gasteiger partial charge >= 0.3 is 6.03 Å². The highest BCUT2D eigenvalue weighted by molar-refractivity contribution is 7.09. The molecule has 0 saturated heterocycles. The zero-order chi connectivity index (χ0) is 16.1. The van der Waals surface area contributed by atoms with Crippen molar-refractivity contribution in [3.8, 4) is 0 Å². The second-order valence-corrected chi connectivity index (χ2v) is 6.44. The second kappa shape index (κ2) is 7.40. The van der Waals surface area contributed by atoms with Gasteiger partial charge in [-0.15, -0.1) is 11.3 Å². The first-order valence-corrected chi connectivity index (χ1v) is 8.38. The van der Waals surface area contributed by atoms with Crippen molar-refractivity contribution in [3.63, 3.8) is 0 Å². The Balaban J connectivity index is 1.91. The van der Waals surface area contributed by atoms with Crippen LogP contribution in [0.25, 0.3) is 0 Å². The number of fused-ring (bicyclic) bond motifs is 1. The van der Waals surface area contributed by atoms with E-state index < -0.39 is 0 Å². The van der Waals surface area contributed by atoms with Crippen molar-refractivity contribution in [3.05, 3.63) is 51.2 Å². The van der Waals surface area contributed by atoms with Gasteiger partial charge in [-0.05, 0) is 38.8 Å². The van der Waals surface area contributed by atoms with Crippen LogP contribution in [0.4, 0.5) is 4.79 Å². The van der Waals surface area contributed by atoms with E-state index in [0.717, 1.165) is 17.8 Å². The molecule has 1 aliphatic heterocycles. The average molecular weight is 317 g/mol. The van der Waals surface area contributed by atoms with Crippen molar-refractivity contribution in [1.29, 1.82) is 0 Å². The number of hydrogen-bond donors (Lipinski definition) is 1. The minimum Gasteiger partial charge on any atom is -0.313 e. The maximum atomic E-state index is 12.2. The number of rotatable bonds is 4. The zero-order valence-corrected chi connectivity index (χ0v) is 14.5. The summed E-state index contributed by atoms with van der Waals surface area (Å²) in [6, 6.07) is -0.0641. The van der Waals surface area contributed by atoms with Gasteiger partial charge in [-0.1, -0.05) is 24.6 Å². The molecule has 4 nitrogen and oxygen atoms in total. The average Bonchev–Trinajstić information content (AvgIpc) is 3.06. The molecule has 0 radical (unpaired) electrons. The third-order valence-electron chi connectivity index (χ3n) is 3.71. The van der Waals surface area contributed by atoms with E-state index in [9.17, 15) is 4.79 Å². The first kappa shape index (κ1) is 16.5. The van der Waals surface area contributed by atoms with Gasteiger partial charge in [-0.3, -0.25) is 0 Å². The van der Waals surface area contributed by atoms with Crippen LogP contribution in [0.3, 0.4) is 0 Å². The monoisotopic (exact) mass is 317 g/mol. The predicted molar refractivity (Wildman–Crippen MR) is 91.5 cm³/mol. The van der Waals surface area contributed by atoms with E-state index in [1.54, 1.807) is 16.2 Å². The third kappa shape index (κ3) is 4.07. The van der Waals surface area contributed by atoms with E-state index in [-0.39, 0.29) is 6.03 Å². The topological polar surface area (TPSA) is 45.2 Å². The Bertz CT molecular complexity index is 620. The van der Waals surface area contributed by atoms with Gasteiger partial charge in [-0.25, -0.2) is 9.78 Å². The molecule has 1 N–H and O–H groups in total. The number of carbonyl (C=O) groups excluding carboxylic acids is 1. The van der Waals surface area contributed by atoms with Crippen LogP contribution in [0.15, 0.2) is 40.6 Å². The summed E-state index contributed by atoms with van der Waals surface area (Å²) in [6.07, 6.45) is 7.22. The molecule has 0 aliphatic carbocycles. The SMILES string of the molecule is CC/C=C(C)/C(C)=C/C=C(\C)NC(=O)N1Cc2ncsc2C1. The molecule has 0 atom stereocenters. The number of carbonyl (C=O) groups is 1. The first-order valence-electron chi connectivity index (χ1n) is 7.50. The minimum atomic E-state index is -0.0641. The standard InChI is InChI=1S/C17H23N3OS/c1-5-6-12(2)13(3)7-8-14(4)19-17(21)20-9-15-16(10-20)22-11-18-15/h6-8,11H,5,9-10H2,1-4H3,(H,19,21)/b12-6+,13-7+,14-8+. The van der Waals surface area contributed by atoms with E-state index in [4.69, 9.17) is 0 Å².